The van der Waals surface area contributed by atoms with E-state index in [1.54, 1.807) is 0 Å². The number of benzene rings is 1. The van der Waals surface area contributed by atoms with Crippen molar-refractivity contribution in [1.29, 1.82) is 0 Å². The number of ether oxygens (including phenoxy) is 1. The van der Waals surface area contributed by atoms with Gasteiger partial charge in [-0.3, -0.25) is 4.79 Å². The summed E-state index contributed by atoms with van der Waals surface area (Å²) in [5.41, 5.74) is 2.02. The van der Waals surface area contributed by atoms with E-state index in [0.29, 0.717) is 0 Å². The quantitative estimate of drug-likeness (QED) is 0.925. The van der Waals surface area contributed by atoms with Crippen molar-refractivity contribution in [2.45, 2.75) is 12.8 Å². The summed E-state index contributed by atoms with van der Waals surface area (Å²) in [5.74, 6) is 0.240. The van der Waals surface area contributed by atoms with Crippen molar-refractivity contribution >= 4 is 17.3 Å². The van der Waals surface area contributed by atoms with Crippen molar-refractivity contribution in [3.63, 3.8) is 0 Å². The van der Waals surface area contributed by atoms with Crippen LogP contribution in [-0.4, -0.2) is 57.2 Å². The van der Waals surface area contributed by atoms with Crippen molar-refractivity contribution in [1.82, 2.24) is 4.90 Å². The van der Waals surface area contributed by atoms with Gasteiger partial charge in [-0.25, -0.2) is 0 Å². The van der Waals surface area contributed by atoms with Gasteiger partial charge in [-0.1, -0.05) is 12.1 Å². The van der Waals surface area contributed by atoms with Crippen LogP contribution in [0.15, 0.2) is 24.3 Å². The number of para-hydroxylation sites is 2. The minimum Gasteiger partial charge on any atom is -0.378 e. The highest BCUT2D eigenvalue weighted by atomic mass is 16.5. The predicted octanol–water partition coefficient (Wildman–Crippen LogP) is 1.80. The second-order valence-electron chi connectivity index (χ2n) is 6.21. The van der Waals surface area contributed by atoms with Gasteiger partial charge in [0.25, 0.3) is 0 Å². The number of morpholine rings is 1. The molecule has 1 amide bonds. The monoisotopic (exact) mass is 303 g/mol. The molecule has 1 aromatic rings. The fourth-order valence-electron chi connectivity index (χ4n) is 3.27. The Hall–Kier alpha value is -1.59. The molecular weight excluding hydrogens is 278 g/mol. The Bertz CT molecular complexity index is 514. The minimum absolute atomic E-state index is 0.0940. The number of carbonyl (C=O) groups excluding carboxylic acids is 1. The van der Waals surface area contributed by atoms with Gasteiger partial charge in [0.2, 0.25) is 5.91 Å². The molecule has 1 N–H and O–H groups in total. The summed E-state index contributed by atoms with van der Waals surface area (Å²) >= 11 is 0. The average Bonchev–Trinajstić information content (AvgIpc) is 2.56. The molecule has 22 heavy (non-hydrogen) atoms. The first-order valence-electron chi connectivity index (χ1n) is 8.15. The van der Waals surface area contributed by atoms with Gasteiger partial charge in [0.15, 0.2) is 0 Å². The van der Waals surface area contributed by atoms with Gasteiger partial charge in [0.1, 0.15) is 0 Å². The third-order valence-electron chi connectivity index (χ3n) is 4.51. The number of hydrogen-bond acceptors (Lipinski definition) is 4. The Morgan fingerprint density at radius 2 is 2.00 bits per heavy atom. The fraction of sp³-hybridized carbons (Fsp3) is 0.588. The highest BCUT2D eigenvalue weighted by Gasteiger charge is 2.25. The SMILES string of the molecule is CN1CCCC(C(=O)Nc2ccccc2N2CCOCC2)C1. The molecule has 120 valence electrons. The lowest BCUT2D eigenvalue weighted by Gasteiger charge is -2.32. The van der Waals surface area contributed by atoms with E-state index in [4.69, 9.17) is 4.74 Å². The van der Waals surface area contributed by atoms with E-state index >= 15 is 0 Å². The van der Waals surface area contributed by atoms with E-state index in [1.807, 2.05) is 18.2 Å². The normalized spacial score (nSPS) is 23.3. The maximum absolute atomic E-state index is 12.6. The lowest BCUT2D eigenvalue weighted by Crippen LogP contribution is -2.39. The molecule has 0 aliphatic carbocycles. The number of rotatable bonds is 3. The molecular formula is C17H25N3O2. The van der Waals surface area contributed by atoms with E-state index in [-0.39, 0.29) is 11.8 Å². The predicted molar refractivity (Wildman–Crippen MR) is 88.3 cm³/mol. The van der Waals surface area contributed by atoms with Crippen LogP contribution in [0.5, 0.6) is 0 Å². The number of hydrogen-bond donors (Lipinski definition) is 1. The molecule has 0 saturated carbocycles. The molecule has 1 aromatic carbocycles. The van der Waals surface area contributed by atoms with Crippen molar-refractivity contribution in [2.75, 3.05) is 56.7 Å². The van der Waals surface area contributed by atoms with Crippen LogP contribution in [0.1, 0.15) is 12.8 Å². The van der Waals surface area contributed by atoms with Crippen molar-refractivity contribution < 1.29 is 9.53 Å². The molecule has 0 radical (unpaired) electrons. The van der Waals surface area contributed by atoms with Crippen LogP contribution in [0, 0.1) is 5.92 Å². The maximum Gasteiger partial charge on any atom is 0.228 e. The zero-order valence-electron chi connectivity index (χ0n) is 13.3. The van der Waals surface area contributed by atoms with E-state index in [0.717, 1.165) is 63.6 Å². The van der Waals surface area contributed by atoms with Gasteiger partial charge in [0, 0.05) is 19.6 Å². The smallest absolute Gasteiger partial charge is 0.228 e. The number of nitrogens with one attached hydrogen (secondary N) is 1. The minimum atomic E-state index is 0.0940. The summed E-state index contributed by atoms with van der Waals surface area (Å²) in [7, 11) is 2.08. The van der Waals surface area contributed by atoms with E-state index < -0.39 is 0 Å². The molecule has 0 spiro atoms. The molecule has 1 unspecified atom stereocenters. The number of amides is 1. The van der Waals surface area contributed by atoms with Crippen LogP contribution in [0.4, 0.5) is 11.4 Å². The summed E-state index contributed by atoms with van der Waals surface area (Å²) < 4.78 is 5.41. The van der Waals surface area contributed by atoms with Crippen molar-refractivity contribution in [2.24, 2.45) is 5.92 Å². The Balaban J connectivity index is 1.70. The molecule has 2 saturated heterocycles. The summed E-state index contributed by atoms with van der Waals surface area (Å²) in [4.78, 5) is 17.1. The Labute approximate surface area is 132 Å². The first-order chi connectivity index (χ1) is 10.7. The van der Waals surface area contributed by atoms with E-state index in [2.05, 4.69) is 28.2 Å². The van der Waals surface area contributed by atoms with Crippen molar-refractivity contribution in [3.8, 4) is 0 Å². The first-order valence-corrected chi connectivity index (χ1v) is 8.15. The van der Waals surface area contributed by atoms with Crippen LogP contribution >= 0.6 is 0 Å². The number of anilines is 2. The number of piperidine rings is 1. The second-order valence-corrected chi connectivity index (χ2v) is 6.21. The number of nitrogens with zero attached hydrogens (tertiary/aromatic N) is 2. The van der Waals surface area contributed by atoms with Gasteiger partial charge in [-0.05, 0) is 38.6 Å². The fourth-order valence-corrected chi connectivity index (χ4v) is 3.27. The lowest BCUT2D eigenvalue weighted by molar-refractivity contribution is -0.121. The van der Waals surface area contributed by atoms with Gasteiger partial charge in [-0.2, -0.15) is 0 Å². The van der Waals surface area contributed by atoms with Gasteiger partial charge in [0.05, 0.1) is 30.5 Å². The second kappa shape index (κ2) is 7.11. The lowest BCUT2D eigenvalue weighted by atomic mass is 9.97. The zero-order valence-corrected chi connectivity index (χ0v) is 13.3. The largest absolute Gasteiger partial charge is 0.378 e. The van der Waals surface area contributed by atoms with Crippen LogP contribution in [0.25, 0.3) is 0 Å². The summed E-state index contributed by atoms with van der Waals surface area (Å²) in [5, 5.41) is 3.15. The maximum atomic E-state index is 12.6. The standard InChI is InChI=1S/C17H25N3O2/c1-19-8-4-5-14(13-19)17(21)18-15-6-2-3-7-16(15)20-9-11-22-12-10-20/h2-3,6-7,14H,4-5,8-13H2,1H3,(H,18,21). The molecule has 1 atom stereocenters. The Morgan fingerprint density at radius 3 is 2.77 bits per heavy atom. The highest BCUT2D eigenvalue weighted by molar-refractivity contribution is 5.96. The molecule has 2 aliphatic heterocycles. The zero-order chi connectivity index (χ0) is 15.4. The molecule has 2 aliphatic rings. The molecule has 0 aromatic heterocycles. The van der Waals surface area contributed by atoms with E-state index in [1.165, 1.54) is 0 Å². The Morgan fingerprint density at radius 1 is 1.23 bits per heavy atom. The van der Waals surface area contributed by atoms with E-state index in [9.17, 15) is 4.79 Å². The number of likely N-dealkylation sites (tertiary alicyclic amines) is 1. The first kappa shape index (κ1) is 15.3. The van der Waals surface area contributed by atoms with Gasteiger partial charge < -0.3 is 19.9 Å². The van der Waals surface area contributed by atoms with Crippen LogP contribution in [0.2, 0.25) is 0 Å². The molecule has 2 fully saturated rings. The molecule has 5 nitrogen and oxygen atoms in total. The topological polar surface area (TPSA) is 44.8 Å². The highest BCUT2D eigenvalue weighted by Crippen LogP contribution is 2.27. The number of carbonyl (C=O) groups is 1. The summed E-state index contributed by atoms with van der Waals surface area (Å²) in [6.07, 6.45) is 2.08. The average molecular weight is 303 g/mol. The van der Waals surface area contributed by atoms with Crippen molar-refractivity contribution in [3.05, 3.63) is 24.3 Å². The molecule has 0 bridgehead atoms. The van der Waals surface area contributed by atoms with Gasteiger partial charge in [-0.15, -0.1) is 0 Å². The third-order valence-corrected chi connectivity index (χ3v) is 4.51. The summed E-state index contributed by atoms with van der Waals surface area (Å²) in [6.45, 7) is 5.18. The Kier molecular flexibility index (Phi) is 4.95. The molecule has 5 heteroatoms. The van der Waals surface area contributed by atoms with Gasteiger partial charge >= 0.3 is 0 Å². The summed E-state index contributed by atoms with van der Waals surface area (Å²) in [6, 6.07) is 8.07. The molecule has 3 rings (SSSR count). The van der Waals surface area contributed by atoms with Crippen LogP contribution in [0.3, 0.4) is 0 Å². The van der Waals surface area contributed by atoms with Crippen LogP contribution < -0.4 is 10.2 Å². The molecule has 2 heterocycles. The third kappa shape index (κ3) is 3.59. The van der Waals surface area contributed by atoms with Crippen LogP contribution in [-0.2, 0) is 9.53 Å².